The summed E-state index contributed by atoms with van der Waals surface area (Å²) in [6, 6.07) is 15.6. The highest BCUT2D eigenvalue weighted by Gasteiger charge is 2.25. The molecule has 1 fully saturated rings. The van der Waals surface area contributed by atoms with Crippen LogP contribution in [0.5, 0.6) is 0 Å². The molecule has 0 spiro atoms. The monoisotopic (exact) mass is 482 g/mol. The number of aromatic nitrogens is 4. The second-order valence-corrected chi connectivity index (χ2v) is 9.00. The molecule has 1 aliphatic rings. The van der Waals surface area contributed by atoms with Crippen LogP contribution in [0.1, 0.15) is 24.4 Å². The first-order valence-corrected chi connectivity index (χ1v) is 11.7. The van der Waals surface area contributed by atoms with E-state index >= 15 is 0 Å². The number of nitrogens with one attached hydrogen (secondary N) is 1. The van der Waals surface area contributed by atoms with Crippen LogP contribution in [0.3, 0.4) is 0 Å². The summed E-state index contributed by atoms with van der Waals surface area (Å²) in [5, 5.41) is 8.52. The topological polar surface area (TPSA) is 68.0 Å². The van der Waals surface area contributed by atoms with Crippen LogP contribution >= 0.6 is 23.2 Å². The van der Waals surface area contributed by atoms with Gasteiger partial charge in [-0.3, -0.25) is 9.69 Å². The Morgan fingerprint density at radius 3 is 2.55 bits per heavy atom. The van der Waals surface area contributed by atoms with Gasteiger partial charge in [0.25, 0.3) is 5.56 Å². The summed E-state index contributed by atoms with van der Waals surface area (Å²) in [4.78, 5) is 20.1. The lowest BCUT2D eigenvalue weighted by molar-refractivity contribution is 0.256. The van der Waals surface area contributed by atoms with E-state index in [1.165, 1.54) is 4.68 Å². The maximum Gasteiger partial charge on any atom is 0.295 e. The Labute approximate surface area is 201 Å². The minimum Gasteiger partial charge on any atom is -0.380 e. The number of hydrogen-bond donors (Lipinski definition) is 1. The van der Waals surface area contributed by atoms with E-state index in [4.69, 9.17) is 23.2 Å². The van der Waals surface area contributed by atoms with Gasteiger partial charge in [-0.25, -0.2) is 4.98 Å². The minimum atomic E-state index is -0.421. The Kier molecular flexibility index (Phi) is 6.10. The van der Waals surface area contributed by atoms with Crippen LogP contribution in [0.2, 0.25) is 10.0 Å². The molecule has 0 aliphatic carbocycles. The van der Waals surface area contributed by atoms with Gasteiger partial charge >= 0.3 is 0 Å². The van der Waals surface area contributed by atoms with Crippen molar-refractivity contribution >= 4 is 39.9 Å². The number of halogens is 2. The molecular weight excluding hydrogens is 459 g/mol. The molecule has 4 aromatic rings. The molecule has 5 rings (SSSR count). The van der Waals surface area contributed by atoms with E-state index in [1.54, 1.807) is 6.20 Å². The Bertz CT molecular complexity index is 1360. The van der Waals surface area contributed by atoms with Gasteiger partial charge in [-0.1, -0.05) is 53.5 Å². The lowest BCUT2D eigenvalue weighted by Gasteiger charge is -2.29. The summed E-state index contributed by atoms with van der Waals surface area (Å²) in [6.07, 6.45) is 3.91. The van der Waals surface area contributed by atoms with Crippen molar-refractivity contribution in [2.75, 3.05) is 25.0 Å². The molecule has 0 amide bonds. The molecule has 0 saturated carbocycles. The van der Waals surface area contributed by atoms with Crippen LogP contribution in [0.15, 0.2) is 59.5 Å². The van der Waals surface area contributed by atoms with E-state index in [2.05, 4.69) is 26.4 Å². The number of imidazole rings is 1. The minimum absolute atomic E-state index is 0.0690. The standard InChI is InChI=1S/C24H24Cl2N6O/c1-30-20-11-5-4-10-18(20)29-24(30)32-23(33)22(26)19(14-28-32)27-15-21(31-12-6-7-13-31)16-8-2-3-9-17(16)25/h2-5,8-11,14,21,27H,6-7,12-13,15H2,1H3. The molecule has 1 unspecified atom stereocenters. The fourth-order valence-corrected chi connectivity index (χ4v) is 4.92. The fourth-order valence-electron chi connectivity index (χ4n) is 4.46. The van der Waals surface area contributed by atoms with Gasteiger partial charge in [0.05, 0.1) is 29.0 Å². The predicted molar refractivity (Wildman–Crippen MR) is 133 cm³/mol. The van der Waals surface area contributed by atoms with Crippen molar-refractivity contribution in [3.63, 3.8) is 0 Å². The smallest absolute Gasteiger partial charge is 0.295 e. The number of fused-ring (bicyclic) bond motifs is 1. The Morgan fingerprint density at radius 2 is 1.79 bits per heavy atom. The van der Waals surface area contributed by atoms with E-state index in [-0.39, 0.29) is 11.1 Å². The molecule has 1 N–H and O–H groups in total. The van der Waals surface area contributed by atoms with E-state index in [9.17, 15) is 4.79 Å². The van der Waals surface area contributed by atoms with Gasteiger partial charge in [-0.15, -0.1) is 0 Å². The normalized spacial score (nSPS) is 15.2. The molecule has 2 aromatic carbocycles. The molecule has 1 atom stereocenters. The number of anilines is 1. The molecule has 1 saturated heterocycles. The van der Waals surface area contributed by atoms with Crippen molar-refractivity contribution in [1.82, 2.24) is 24.2 Å². The summed E-state index contributed by atoms with van der Waals surface area (Å²) < 4.78 is 3.06. The lowest BCUT2D eigenvalue weighted by atomic mass is 10.1. The van der Waals surface area contributed by atoms with Crippen molar-refractivity contribution in [3.8, 4) is 5.95 Å². The van der Waals surface area contributed by atoms with Gasteiger partial charge < -0.3 is 9.88 Å². The van der Waals surface area contributed by atoms with E-state index < -0.39 is 5.56 Å². The van der Waals surface area contributed by atoms with Crippen molar-refractivity contribution in [2.24, 2.45) is 7.05 Å². The van der Waals surface area contributed by atoms with E-state index in [0.29, 0.717) is 18.2 Å². The molecule has 1 aliphatic heterocycles. The van der Waals surface area contributed by atoms with Gasteiger partial charge in [0.2, 0.25) is 5.95 Å². The molecule has 7 nitrogen and oxygen atoms in total. The van der Waals surface area contributed by atoms with Crippen LogP contribution < -0.4 is 10.9 Å². The first-order chi connectivity index (χ1) is 16.0. The van der Waals surface area contributed by atoms with Gasteiger partial charge in [0, 0.05) is 18.6 Å². The molecule has 2 aromatic heterocycles. The zero-order chi connectivity index (χ0) is 22.9. The van der Waals surface area contributed by atoms with Crippen LogP contribution in [-0.2, 0) is 7.05 Å². The van der Waals surface area contributed by atoms with Gasteiger partial charge in [-0.2, -0.15) is 9.78 Å². The molecule has 170 valence electrons. The third kappa shape index (κ3) is 4.12. The predicted octanol–water partition coefficient (Wildman–Crippen LogP) is 4.68. The largest absolute Gasteiger partial charge is 0.380 e. The molecule has 3 heterocycles. The third-order valence-electron chi connectivity index (χ3n) is 6.20. The molecular formula is C24H24Cl2N6O. The van der Waals surface area contributed by atoms with E-state index in [1.807, 2.05) is 54.1 Å². The summed E-state index contributed by atoms with van der Waals surface area (Å²) in [7, 11) is 1.85. The van der Waals surface area contributed by atoms with Crippen LogP contribution in [-0.4, -0.2) is 43.9 Å². The fraction of sp³-hybridized carbons (Fsp3) is 0.292. The number of nitrogens with zero attached hydrogens (tertiary/aromatic N) is 5. The van der Waals surface area contributed by atoms with Crippen molar-refractivity contribution in [2.45, 2.75) is 18.9 Å². The summed E-state index contributed by atoms with van der Waals surface area (Å²) in [6.45, 7) is 2.58. The average Bonchev–Trinajstić information content (AvgIpc) is 3.47. The maximum absolute atomic E-state index is 13.1. The zero-order valence-electron chi connectivity index (χ0n) is 18.2. The van der Waals surface area contributed by atoms with Gasteiger partial charge in [0.1, 0.15) is 5.02 Å². The number of rotatable bonds is 6. The number of aryl methyl sites for hydroxylation is 1. The van der Waals surface area contributed by atoms with Crippen molar-refractivity contribution < 1.29 is 0 Å². The number of likely N-dealkylation sites (tertiary alicyclic amines) is 1. The lowest BCUT2D eigenvalue weighted by Crippen LogP contribution is -2.32. The van der Waals surface area contributed by atoms with Crippen LogP contribution in [0.25, 0.3) is 17.0 Å². The highest BCUT2D eigenvalue weighted by atomic mass is 35.5. The third-order valence-corrected chi connectivity index (χ3v) is 6.91. The molecule has 33 heavy (non-hydrogen) atoms. The Hall–Kier alpha value is -2.87. The summed E-state index contributed by atoms with van der Waals surface area (Å²) >= 11 is 13.0. The van der Waals surface area contributed by atoms with E-state index in [0.717, 1.165) is 47.6 Å². The zero-order valence-corrected chi connectivity index (χ0v) is 19.7. The molecule has 0 bridgehead atoms. The quantitative estimate of drug-likeness (QED) is 0.432. The SMILES string of the molecule is Cn1c(-n2ncc(NCC(c3ccccc3Cl)N3CCCC3)c(Cl)c2=O)nc2ccccc21. The van der Waals surface area contributed by atoms with Crippen molar-refractivity contribution in [3.05, 3.63) is 80.7 Å². The molecule has 9 heteroatoms. The molecule has 0 radical (unpaired) electrons. The van der Waals surface area contributed by atoms with Gasteiger partial charge in [0.15, 0.2) is 0 Å². The summed E-state index contributed by atoms with van der Waals surface area (Å²) in [5.41, 5.74) is 2.83. The highest BCUT2D eigenvalue weighted by molar-refractivity contribution is 6.33. The maximum atomic E-state index is 13.1. The number of hydrogen-bond acceptors (Lipinski definition) is 5. The van der Waals surface area contributed by atoms with Crippen molar-refractivity contribution in [1.29, 1.82) is 0 Å². The number of benzene rings is 2. The Balaban J connectivity index is 1.44. The number of para-hydroxylation sites is 2. The Morgan fingerprint density at radius 1 is 1.06 bits per heavy atom. The average molecular weight is 483 g/mol. The highest BCUT2D eigenvalue weighted by Crippen LogP contribution is 2.31. The summed E-state index contributed by atoms with van der Waals surface area (Å²) in [5.74, 6) is 0.417. The van der Waals surface area contributed by atoms with Crippen LogP contribution in [0.4, 0.5) is 5.69 Å². The van der Waals surface area contributed by atoms with Gasteiger partial charge in [-0.05, 0) is 49.7 Å². The first-order valence-electron chi connectivity index (χ1n) is 11.0. The second-order valence-electron chi connectivity index (χ2n) is 8.21. The first kappa shape index (κ1) is 21.9. The van der Waals surface area contributed by atoms with Crippen LogP contribution in [0, 0.1) is 0 Å². The second kappa shape index (κ2) is 9.17.